The lowest BCUT2D eigenvalue weighted by Gasteiger charge is -2.06. The zero-order chi connectivity index (χ0) is 13.7. The lowest BCUT2D eigenvalue weighted by Crippen LogP contribution is -2.14. The van der Waals surface area contributed by atoms with E-state index in [9.17, 15) is 4.79 Å². The number of carbonyl (C=O) groups excluding carboxylic acids is 1. The fraction of sp³-hybridized carbons (Fsp3) is 0.0769. The standard InChI is InChI=1S/C13H10Cl2N2OS/c14-9-5-10(15)7-11(6-9)17-12(18)8-19-13-3-1-2-4-16-13/h1-7H,8H2,(H,17,18). The van der Waals surface area contributed by atoms with Crippen LogP contribution in [-0.2, 0) is 4.79 Å². The van der Waals surface area contributed by atoms with Crippen LogP contribution in [0.25, 0.3) is 0 Å². The predicted molar refractivity (Wildman–Crippen MR) is 80.1 cm³/mol. The number of anilines is 1. The lowest BCUT2D eigenvalue weighted by atomic mass is 10.3. The topological polar surface area (TPSA) is 42.0 Å². The second kappa shape index (κ2) is 6.80. The van der Waals surface area contributed by atoms with E-state index in [1.165, 1.54) is 11.8 Å². The number of hydrogen-bond acceptors (Lipinski definition) is 3. The van der Waals surface area contributed by atoms with Crippen LogP contribution in [0, 0.1) is 0 Å². The maximum absolute atomic E-state index is 11.8. The highest BCUT2D eigenvalue weighted by Gasteiger charge is 2.05. The van der Waals surface area contributed by atoms with Gasteiger partial charge in [-0.1, -0.05) is 41.0 Å². The summed E-state index contributed by atoms with van der Waals surface area (Å²) < 4.78 is 0. The van der Waals surface area contributed by atoms with Gasteiger partial charge >= 0.3 is 0 Å². The molecule has 0 saturated heterocycles. The molecule has 0 atom stereocenters. The summed E-state index contributed by atoms with van der Waals surface area (Å²) in [4.78, 5) is 15.9. The number of nitrogens with one attached hydrogen (secondary N) is 1. The Morgan fingerprint density at radius 1 is 1.21 bits per heavy atom. The third-order valence-electron chi connectivity index (χ3n) is 2.14. The van der Waals surface area contributed by atoms with Crippen LogP contribution >= 0.6 is 35.0 Å². The molecule has 0 spiro atoms. The van der Waals surface area contributed by atoms with Crippen molar-refractivity contribution in [2.24, 2.45) is 0 Å². The summed E-state index contributed by atoms with van der Waals surface area (Å²) >= 11 is 13.1. The number of carbonyl (C=O) groups is 1. The highest BCUT2D eigenvalue weighted by molar-refractivity contribution is 7.99. The van der Waals surface area contributed by atoms with Crippen molar-refractivity contribution >= 4 is 46.6 Å². The maximum Gasteiger partial charge on any atom is 0.234 e. The maximum atomic E-state index is 11.8. The van der Waals surface area contributed by atoms with Crippen molar-refractivity contribution in [3.63, 3.8) is 0 Å². The van der Waals surface area contributed by atoms with Gasteiger partial charge in [0.25, 0.3) is 0 Å². The summed E-state index contributed by atoms with van der Waals surface area (Å²) in [6.07, 6.45) is 1.69. The van der Waals surface area contributed by atoms with Gasteiger partial charge in [-0.3, -0.25) is 4.79 Å². The van der Waals surface area contributed by atoms with E-state index < -0.39 is 0 Å². The molecule has 0 bridgehead atoms. The Morgan fingerprint density at radius 2 is 1.95 bits per heavy atom. The average molecular weight is 313 g/mol. The predicted octanol–water partition coefficient (Wildman–Crippen LogP) is 4.12. The Hall–Kier alpha value is -1.23. The third kappa shape index (κ3) is 4.74. The molecule has 1 aromatic carbocycles. The first-order valence-electron chi connectivity index (χ1n) is 5.43. The molecular formula is C13H10Cl2N2OS. The molecule has 1 N–H and O–H groups in total. The normalized spacial score (nSPS) is 10.2. The van der Waals surface area contributed by atoms with Gasteiger partial charge in [0, 0.05) is 21.9 Å². The van der Waals surface area contributed by atoms with E-state index >= 15 is 0 Å². The molecule has 3 nitrogen and oxygen atoms in total. The van der Waals surface area contributed by atoms with Crippen LogP contribution in [0.4, 0.5) is 5.69 Å². The fourth-order valence-corrected chi connectivity index (χ4v) is 2.58. The quantitative estimate of drug-likeness (QED) is 0.863. The first kappa shape index (κ1) is 14.2. The zero-order valence-electron chi connectivity index (χ0n) is 9.77. The third-order valence-corrected chi connectivity index (χ3v) is 3.52. The average Bonchev–Trinajstić information content (AvgIpc) is 2.36. The van der Waals surface area contributed by atoms with E-state index in [1.807, 2.05) is 18.2 Å². The van der Waals surface area contributed by atoms with E-state index in [0.717, 1.165) is 5.03 Å². The largest absolute Gasteiger partial charge is 0.325 e. The lowest BCUT2D eigenvalue weighted by molar-refractivity contribution is -0.113. The molecule has 0 aliphatic carbocycles. The summed E-state index contributed by atoms with van der Waals surface area (Å²) in [7, 11) is 0. The van der Waals surface area contributed by atoms with Crippen molar-refractivity contribution in [2.75, 3.05) is 11.1 Å². The Kier molecular flexibility index (Phi) is 5.07. The summed E-state index contributed by atoms with van der Waals surface area (Å²) in [5, 5.41) is 4.52. The number of hydrogen-bond donors (Lipinski definition) is 1. The van der Waals surface area contributed by atoms with Crippen LogP contribution < -0.4 is 5.32 Å². The van der Waals surface area contributed by atoms with Gasteiger partial charge in [-0.25, -0.2) is 4.98 Å². The van der Waals surface area contributed by atoms with Gasteiger partial charge in [-0.2, -0.15) is 0 Å². The zero-order valence-corrected chi connectivity index (χ0v) is 12.1. The van der Waals surface area contributed by atoms with Gasteiger partial charge in [-0.15, -0.1) is 0 Å². The number of thioether (sulfide) groups is 1. The summed E-state index contributed by atoms with van der Waals surface area (Å²) in [6, 6.07) is 10.5. The molecule has 2 aromatic rings. The van der Waals surface area contributed by atoms with E-state index in [1.54, 1.807) is 24.4 Å². The molecule has 6 heteroatoms. The van der Waals surface area contributed by atoms with Crippen LogP contribution in [0.15, 0.2) is 47.6 Å². The molecule has 0 saturated carbocycles. The first-order valence-corrected chi connectivity index (χ1v) is 7.17. The van der Waals surface area contributed by atoms with Crippen molar-refractivity contribution in [3.8, 4) is 0 Å². The molecule has 1 aromatic heterocycles. The highest BCUT2D eigenvalue weighted by Crippen LogP contribution is 2.23. The monoisotopic (exact) mass is 312 g/mol. The molecule has 0 fully saturated rings. The minimum Gasteiger partial charge on any atom is -0.325 e. The van der Waals surface area contributed by atoms with Crippen LogP contribution in [0.3, 0.4) is 0 Å². The van der Waals surface area contributed by atoms with Gasteiger partial charge < -0.3 is 5.32 Å². The van der Waals surface area contributed by atoms with Gasteiger partial charge in [0.2, 0.25) is 5.91 Å². The smallest absolute Gasteiger partial charge is 0.234 e. The van der Waals surface area contributed by atoms with Crippen molar-refractivity contribution in [1.82, 2.24) is 4.98 Å². The molecule has 0 aliphatic heterocycles. The van der Waals surface area contributed by atoms with Crippen LogP contribution in [0.2, 0.25) is 10.0 Å². The SMILES string of the molecule is O=C(CSc1ccccn1)Nc1cc(Cl)cc(Cl)c1. The number of benzene rings is 1. The second-order valence-corrected chi connectivity index (χ2v) is 5.53. The number of halogens is 2. The van der Waals surface area contributed by atoms with E-state index in [-0.39, 0.29) is 11.7 Å². The number of rotatable bonds is 4. The number of pyridine rings is 1. The van der Waals surface area contributed by atoms with Crippen molar-refractivity contribution in [2.45, 2.75) is 5.03 Å². The minimum absolute atomic E-state index is 0.131. The molecule has 0 unspecified atom stereocenters. The Balaban J connectivity index is 1.91. The first-order chi connectivity index (χ1) is 9.13. The molecule has 1 heterocycles. The van der Waals surface area contributed by atoms with E-state index in [2.05, 4.69) is 10.3 Å². The Morgan fingerprint density at radius 3 is 2.58 bits per heavy atom. The minimum atomic E-state index is -0.131. The van der Waals surface area contributed by atoms with Crippen LogP contribution in [0.1, 0.15) is 0 Å². The molecule has 0 aliphatic rings. The highest BCUT2D eigenvalue weighted by atomic mass is 35.5. The van der Waals surface area contributed by atoms with Crippen molar-refractivity contribution in [3.05, 3.63) is 52.6 Å². The van der Waals surface area contributed by atoms with Crippen molar-refractivity contribution < 1.29 is 4.79 Å². The molecule has 2 rings (SSSR count). The van der Waals surface area contributed by atoms with E-state index in [4.69, 9.17) is 23.2 Å². The molecule has 0 radical (unpaired) electrons. The summed E-state index contributed by atoms with van der Waals surface area (Å²) in [5.41, 5.74) is 0.587. The number of aromatic nitrogens is 1. The van der Waals surface area contributed by atoms with Gasteiger partial charge in [0.05, 0.1) is 10.8 Å². The Labute approximate surface area is 125 Å². The Bertz CT molecular complexity index is 558. The number of amides is 1. The second-order valence-electron chi connectivity index (χ2n) is 3.66. The fourth-order valence-electron chi connectivity index (χ4n) is 1.40. The number of nitrogens with zero attached hydrogens (tertiary/aromatic N) is 1. The van der Waals surface area contributed by atoms with Gasteiger partial charge in [-0.05, 0) is 30.3 Å². The summed E-state index contributed by atoms with van der Waals surface area (Å²) in [6.45, 7) is 0. The molecule has 19 heavy (non-hydrogen) atoms. The molecule has 1 amide bonds. The molecular weight excluding hydrogens is 303 g/mol. The van der Waals surface area contributed by atoms with E-state index in [0.29, 0.717) is 15.7 Å². The summed E-state index contributed by atoms with van der Waals surface area (Å²) in [5.74, 6) is 0.148. The molecule has 98 valence electrons. The van der Waals surface area contributed by atoms with Gasteiger partial charge in [0.1, 0.15) is 0 Å². The van der Waals surface area contributed by atoms with Crippen LogP contribution in [-0.4, -0.2) is 16.6 Å². The van der Waals surface area contributed by atoms with Crippen LogP contribution in [0.5, 0.6) is 0 Å². The van der Waals surface area contributed by atoms with Gasteiger partial charge in [0.15, 0.2) is 0 Å². The van der Waals surface area contributed by atoms with Crippen molar-refractivity contribution in [1.29, 1.82) is 0 Å².